The average Bonchev–Trinajstić information content (AvgIpc) is 2.82. The number of carbonyl (C=O) groups is 1. The molecule has 0 spiro atoms. The standard InChI is InChI=1S/C13H18N4O4/c1-2-3-7-17-11-10(12(20)16-13(17)21)14-8(15-11)5-4-6-9(18)19/h2-7H2,1H3,(H,14,15)(H,18,19)(H,16,20,21). The second-order valence-electron chi connectivity index (χ2n) is 4.89. The second-order valence-corrected chi connectivity index (χ2v) is 4.89. The van der Waals surface area contributed by atoms with Gasteiger partial charge in [-0.05, 0) is 12.8 Å². The van der Waals surface area contributed by atoms with Crippen molar-refractivity contribution in [1.82, 2.24) is 19.5 Å². The molecule has 0 fully saturated rings. The third-order valence-corrected chi connectivity index (χ3v) is 3.22. The summed E-state index contributed by atoms with van der Waals surface area (Å²) in [6.07, 6.45) is 2.61. The van der Waals surface area contributed by atoms with E-state index < -0.39 is 17.2 Å². The quantitative estimate of drug-likeness (QED) is 0.691. The monoisotopic (exact) mass is 294 g/mol. The summed E-state index contributed by atoms with van der Waals surface area (Å²) in [5.41, 5.74) is -0.372. The number of aromatic amines is 2. The predicted molar refractivity (Wildman–Crippen MR) is 76.5 cm³/mol. The highest BCUT2D eigenvalue weighted by molar-refractivity contribution is 5.69. The predicted octanol–water partition coefficient (Wildman–Crippen LogP) is 0.620. The molecule has 8 nitrogen and oxygen atoms in total. The van der Waals surface area contributed by atoms with E-state index in [4.69, 9.17) is 5.11 Å². The minimum atomic E-state index is -0.871. The summed E-state index contributed by atoms with van der Waals surface area (Å²) in [4.78, 5) is 43.6. The molecule has 0 unspecified atom stereocenters. The largest absolute Gasteiger partial charge is 0.481 e. The molecule has 2 heterocycles. The lowest BCUT2D eigenvalue weighted by Gasteiger charge is -2.03. The molecule has 0 aliphatic heterocycles. The van der Waals surface area contributed by atoms with E-state index in [-0.39, 0.29) is 11.9 Å². The fourth-order valence-corrected chi connectivity index (χ4v) is 2.14. The maximum Gasteiger partial charge on any atom is 0.330 e. The molecule has 2 aromatic heterocycles. The summed E-state index contributed by atoms with van der Waals surface area (Å²) in [6.45, 7) is 2.50. The summed E-state index contributed by atoms with van der Waals surface area (Å²) in [5.74, 6) is -0.351. The minimum absolute atomic E-state index is 0.0377. The van der Waals surface area contributed by atoms with Gasteiger partial charge in [0.1, 0.15) is 11.3 Å². The Morgan fingerprint density at radius 3 is 2.71 bits per heavy atom. The van der Waals surface area contributed by atoms with Crippen molar-refractivity contribution in [3.8, 4) is 0 Å². The van der Waals surface area contributed by atoms with Crippen molar-refractivity contribution >= 4 is 17.1 Å². The van der Waals surface area contributed by atoms with Crippen molar-refractivity contribution < 1.29 is 9.90 Å². The van der Waals surface area contributed by atoms with Crippen molar-refractivity contribution in [2.75, 3.05) is 0 Å². The first-order chi connectivity index (χ1) is 10.0. The van der Waals surface area contributed by atoms with E-state index in [0.717, 1.165) is 12.8 Å². The molecule has 0 saturated carbocycles. The van der Waals surface area contributed by atoms with Gasteiger partial charge in [-0.25, -0.2) is 9.78 Å². The third kappa shape index (κ3) is 3.39. The number of aliphatic carboxylic acids is 1. The maximum absolute atomic E-state index is 11.8. The molecule has 2 aromatic rings. The molecule has 0 aliphatic carbocycles. The lowest BCUT2D eigenvalue weighted by atomic mass is 10.2. The lowest BCUT2D eigenvalue weighted by Crippen LogP contribution is -2.30. The molecule has 0 amide bonds. The average molecular weight is 294 g/mol. The van der Waals surface area contributed by atoms with Gasteiger partial charge in [0.05, 0.1) is 0 Å². The number of nitrogens with one attached hydrogen (secondary N) is 2. The van der Waals surface area contributed by atoms with Gasteiger partial charge in [0.25, 0.3) is 5.56 Å². The second kappa shape index (κ2) is 6.38. The van der Waals surface area contributed by atoms with Gasteiger partial charge in [-0.15, -0.1) is 0 Å². The molecule has 0 radical (unpaired) electrons. The summed E-state index contributed by atoms with van der Waals surface area (Å²) < 4.78 is 1.44. The molecule has 114 valence electrons. The Bertz CT molecular complexity index is 756. The number of carboxylic acid groups (broad SMARTS) is 1. The van der Waals surface area contributed by atoms with Crippen LogP contribution in [0.5, 0.6) is 0 Å². The molecule has 0 saturated heterocycles. The van der Waals surface area contributed by atoms with Crippen molar-refractivity contribution in [2.45, 2.75) is 45.6 Å². The number of rotatable bonds is 7. The lowest BCUT2D eigenvalue weighted by molar-refractivity contribution is -0.137. The van der Waals surface area contributed by atoms with Crippen LogP contribution < -0.4 is 11.2 Å². The Balaban J connectivity index is 2.35. The number of nitrogens with zero attached hydrogens (tertiary/aromatic N) is 2. The van der Waals surface area contributed by atoms with Crippen LogP contribution >= 0.6 is 0 Å². The SMILES string of the molecule is CCCCn1c(=O)[nH]c(=O)c2[nH]c(CCCC(=O)O)nc21. The highest BCUT2D eigenvalue weighted by Gasteiger charge is 2.12. The fraction of sp³-hybridized carbons (Fsp3) is 0.538. The molecule has 0 aromatic carbocycles. The Kier molecular flexibility index (Phi) is 4.56. The zero-order valence-corrected chi connectivity index (χ0v) is 11.8. The van der Waals surface area contributed by atoms with Crippen LogP contribution in [-0.2, 0) is 17.8 Å². The van der Waals surface area contributed by atoms with Crippen LogP contribution in [0.2, 0.25) is 0 Å². The molecular weight excluding hydrogens is 276 g/mol. The molecule has 2 rings (SSSR count). The Labute approximate surface area is 119 Å². The first-order valence-electron chi connectivity index (χ1n) is 6.96. The van der Waals surface area contributed by atoms with Gasteiger partial charge >= 0.3 is 11.7 Å². The van der Waals surface area contributed by atoms with E-state index in [1.165, 1.54) is 4.57 Å². The fourth-order valence-electron chi connectivity index (χ4n) is 2.14. The van der Waals surface area contributed by atoms with Gasteiger partial charge in [-0.2, -0.15) is 0 Å². The minimum Gasteiger partial charge on any atom is -0.481 e. The van der Waals surface area contributed by atoms with E-state index in [2.05, 4.69) is 15.0 Å². The first kappa shape index (κ1) is 15.0. The van der Waals surface area contributed by atoms with Crippen LogP contribution in [0.4, 0.5) is 0 Å². The molecule has 21 heavy (non-hydrogen) atoms. The van der Waals surface area contributed by atoms with E-state index in [1.807, 2.05) is 6.92 Å². The summed E-state index contributed by atoms with van der Waals surface area (Å²) >= 11 is 0. The molecule has 3 N–H and O–H groups in total. The van der Waals surface area contributed by atoms with Gasteiger partial charge in [0.2, 0.25) is 0 Å². The highest BCUT2D eigenvalue weighted by Crippen LogP contribution is 2.08. The summed E-state index contributed by atoms with van der Waals surface area (Å²) in [6, 6.07) is 0. The van der Waals surface area contributed by atoms with Gasteiger partial charge in [0.15, 0.2) is 5.65 Å². The molecule has 8 heteroatoms. The Morgan fingerprint density at radius 1 is 1.29 bits per heavy atom. The van der Waals surface area contributed by atoms with E-state index in [0.29, 0.717) is 30.9 Å². The number of aryl methyl sites for hydroxylation is 2. The van der Waals surface area contributed by atoms with E-state index in [9.17, 15) is 14.4 Å². The number of H-pyrrole nitrogens is 2. The Morgan fingerprint density at radius 2 is 2.05 bits per heavy atom. The van der Waals surface area contributed by atoms with Gasteiger partial charge in [-0.3, -0.25) is 19.1 Å². The number of hydrogen-bond donors (Lipinski definition) is 3. The van der Waals surface area contributed by atoms with Crippen LogP contribution in [0.15, 0.2) is 9.59 Å². The zero-order valence-electron chi connectivity index (χ0n) is 11.8. The van der Waals surface area contributed by atoms with Crippen molar-refractivity contribution in [2.24, 2.45) is 0 Å². The van der Waals surface area contributed by atoms with Crippen molar-refractivity contribution in [3.05, 3.63) is 26.7 Å². The van der Waals surface area contributed by atoms with Crippen molar-refractivity contribution in [1.29, 1.82) is 0 Å². The normalized spacial score (nSPS) is 11.1. The molecular formula is C13H18N4O4. The number of carboxylic acids is 1. The van der Waals surface area contributed by atoms with Crippen LogP contribution in [0.1, 0.15) is 38.4 Å². The number of aromatic nitrogens is 4. The van der Waals surface area contributed by atoms with Crippen LogP contribution in [0.3, 0.4) is 0 Å². The van der Waals surface area contributed by atoms with E-state index in [1.54, 1.807) is 0 Å². The number of unbranched alkanes of at least 4 members (excludes halogenated alkanes) is 1. The van der Waals surface area contributed by atoms with Gasteiger partial charge < -0.3 is 10.1 Å². The molecule has 0 bridgehead atoms. The highest BCUT2D eigenvalue weighted by atomic mass is 16.4. The maximum atomic E-state index is 11.8. The van der Waals surface area contributed by atoms with Crippen molar-refractivity contribution in [3.63, 3.8) is 0 Å². The number of fused-ring (bicyclic) bond motifs is 1. The first-order valence-corrected chi connectivity index (χ1v) is 6.96. The number of imidazole rings is 1. The van der Waals surface area contributed by atoms with Gasteiger partial charge in [0, 0.05) is 19.4 Å². The van der Waals surface area contributed by atoms with Crippen LogP contribution in [0.25, 0.3) is 11.2 Å². The number of hydrogen-bond acceptors (Lipinski definition) is 4. The van der Waals surface area contributed by atoms with E-state index >= 15 is 0 Å². The Hall–Kier alpha value is -2.38. The van der Waals surface area contributed by atoms with Crippen LogP contribution in [-0.4, -0.2) is 30.6 Å². The van der Waals surface area contributed by atoms with Gasteiger partial charge in [-0.1, -0.05) is 13.3 Å². The summed E-state index contributed by atoms with van der Waals surface area (Å²) in [5, 5.41) is 8.62. The smallest absolute Gasteiger partial charge is 0.330 e. The molecule has 0 atom stereocenters. The summed E-state index contributed by atoms with van der Waals surface area (Å²) in [7, 11) is 0. The zero-order chi connectivity index (χ0) is 15.4. The van der Waals surface area contributed by atoms with Crippen LogP contribution in [0, 0.1) is 0 Å². The topological polar surface area (TPSA) is 121 Å². The molecule has 0 aliphatic rings. The third-order valence-electron chi connectivity index (χ3n) is 3.22.